The van der Waals surface area contributed by atoms with Crippen LogP contribution in [0.25, 0.3) is 0 Å². The summed E-state index contributed by atoms with van der Waals surface area (Å²) in [6, 6.07) is 9.12. The number of hydrogen-bond donors (Lipinski definition) is 2. The van der Waals surface area contributed by atoms with Gasteiger partial charge in [-0.05, 0) is 62.9 Å². The Balaban J connectivity index is 1.86. The average Bonchev–Trinajstić information content (AvgIpc) is 2.92. The quantitative estimate of drug-likeness (QED) is 0.457. The first-order valence-corrected chi connectivity index (χ1v) is 9.31. The monoisotopic (exact) mass is 350 g/mol. The van der Waals surface area contributed by atoms with Crippen molar-refractivity contribution in [2.75, 3.05) is 12.3 Å². The molecular weight excluding hydrogens is 324 g/mol. The number of aromatic nitrogens is 1. The van der Waals surface area contributed by atoms with Crippen molar-refractivity contribution in [3.8, 4) is 5.75 Å². The second-order valence-corrected chi connectivity index (χ2v) is 6.55. The molecule has 0 atom stereocenters. The van der Waals surface area contributed by atoms with E-state index in [0.717, 1.165) is 24.2 Å². The highest BCUT2D eigenvalue weighted by atomic mass is 16.5. The van der Waals surface area contributed by atoms with Crippen LogP contribution in [0.5, 0.6) is 5.75 Å². The van der Waals surface area contributed by atoms with E-state index in [4.69, 9.17) is 20.9 Å². The predicted octanol–water partition coefficient (Wildman–Crippen LogP) is 4.91. The first-order chi connectivity index (χ1) is 12.7. The van der Waals surface area contributed by atoms with E-state index in [-0.39, 0.29) is 0 Å². The molecule has 0 bridgehead atoms. The summed E-state index contributed by atoms with van der Waals surface area (Å²) in [5, 5.41) is 8.58. The molecule has 5 nitrogen and oxygen atoms in total. The zero-order valence-electron chi connectivity index (χ0n) is 15.3. The van der Waals surface area contributed by atoms with E-state index >= 15 is 0 Å². The Morgan fingerprint density at radius 1 is 1.15 bits per heavy atom. The zero-order valence-corrected chi connectivity index (χ0v) is 15.3. The second-order valence-electron chi connectivity index (χ2n) is 6.55. The first-order valence-electron chi connectivity index (χ1n) is 9.31. The summed E-state index contributed by atoms with van der Waals surface area (Å²) in [6.45, 7) is 2.51. The Bertz CT molecular complexity index is 803. The van der Waals surface area contributed by atoms with E-state index in [0.29, 0.717) is 29.4 Å². The number of ether oxygens (including phenoxy) is 1. The smallest absolute Gasteiger partial charge is 0.152 e. The third-order valence-electron chi connectivity index (χ3n) is 4.59. The Hall–Kier alpha value is -2.69. The maximum Gasteiger partial charge on any atom is 0.152 e. The molecule has 1 fully saturated rings. The van der Waals surface area contributed by atoms with E-state index in [1.807, 2.05) is 31.2 Å². The minimum atomic E-state index is 0.355. The van der Waals surface area contributed by atoms with Gasteiger partial charge in [-0.25, -0.2) is 9.98 Å². The van der Waals surface area contributed by atoms with E-state index in [1.54, 1.807) is 12.3 Å². The number of benzene rings is 1. The minimum absolute atomic E-state index is 0.355. The van der Waals surface area contributed by atoms with Crippen LogP contribution in [0.3, 0.4) is 0 Å². The van der Waals surface area contributed by atoms with Crippen molar-refractivity contribution >= 4 is 22.9 Å². The number of nitrogens with two attached hydrogens (primary N) is 1. The Labute approximate surface area is 154 Å². The van der Waals surface area contributed by atoms with Gasteiger partial charge in [-0.3, -0.25) is 5.41 Å². The molecule has 1 aliphatic rings. The van der Waals surface area contributed by atoms with Crippen molar-refractivity contribution in [2.24, 2.45) is 4.99 Å². The molecule has 3 N–H and O–H groups in total. The molecule has 1 heterocycles. The van der Waals surface area contributed by atoms with Gasteiger partial charge in [-0.2, -0.15) is 0 Å². The molecule has 0 saturated heterocycles. The summed E-state index contributed by atoms with van der Waals surface area (Å²) >= 11 is 0. The molecule has 0 radical (unpaired) electrons. The maximum atomic E-state index is 8.58. The van der Waals surface area contributed by atoms with Gasteiger partial charge in [-0.1, -0.05) is 12.8 Å². The Kier molecular flexibility index (Phi) is 6.00. The van der Waals surface area contributed by atoms with Crippen LogP contribution in [-0.2, 0) is 0 Å². The standard InChI is InChI=1S/C21H26N4O/c1-2-26-17-9-10-19(22)18(14-17)21(23)15-11-12-24-20(13-15)25-16-7-5-3-4-6-8-16/h9-14,23H,2-8,22H2,1H3. The number of aliphatic imine (C=N–C) groups is 1. The topological polar surface area (TPSA) is 84.4 Å². The SMILES string of the molecule is CCOc1ccc(N)c(C(=N)c2ccnc(N=C3CCCCCC3)c2)c1. The van der Waals surface area contributed by atoms with Crippen LogP contribution in [0.1, 0.15) is 56.6 Å². The van der Waals surface area contributed by atoms with Crippen molar-refractivity contribution in [3.05, 3.63) is 47.7 Å². The molecule has 0 spiro atoms. The third kappa shape index (κ3) is 4.48. The van der Waals surface area contributed by atoms with Crippen LogP contribution in [0.15, 0.2) is 41.5 Å². The lowest BCUT2D eigenvalue weighted by Gasteiger charge is -2.11. The largest absolute Gasteiger partial charge is 0.494 e. The number of nitrogens with one attached hydrogen (secondary N) is 1. The number of anilines is 1. The zero-order chi connectivity index (χ0) is 18.4. The summed E-state index contributed by atoms with van der Waals surface area (Å²) < 4.78 is 5.54. The molecule has 0 amide bonds. The predicted molar refractivity (Wildman–Crippen MR) is 107 cm³/mol. The van der Waals surface area contributed by atoms with Crippen LogP contribution < -0.4 is 10.5 Å². The van der Waals surface area contributed by atoms with Crippen LogP contribution in [0.4, 0.5) is 11.5 Å². The molecule has 5 heteroatoms. The highest BCUT2D eigenvalue weighted by molar-refractivity contribution is 6.14. The Morgan fingerprint density at radius 2 is 1.92 bits per heavy atom. The van der Waals surface area contributed by atoms with Crippen molar-refractivity contribution in [2.45, 2.75) is 45.4 Å². The van der Waals surface area contributed by atoms with E-state index < -0.39 is 0 Å². The summed E-state index contributed by atoms with van der Waals surface area (Å²) in [4.78, 5) is 9.11. The summed E-state index contributed by atoms with van der Waals surface area (Å²) in [6.07, 6.45) is 8.78. The summed E-state index contributed by atoms with van der Waals surface area (Å²) in [5.74, 6) is 1.39. The molecule has 1 saturated carbocycles. The van der Waals surface area contributed by atoms with Gasteiger partial charge < -0.3 is 10.5 Å². The molecular formula is C21H26N4O. The van der Waals surface area contributed by atoms with Crippen LogP contribution in [0, 0.1) is 5.41 Å². The lowest BCUT2D eigenvalue weighted by molar-refractivity contribution is 0.340. The van der Waals surface area contributed by atoms with Crippen molar-refractivity contribution < 1.29 is 4.74 Å². The molecule has 1 aromatic carbocycles. The molecule has 1 aliphatic carbocycles. The third-order valence-corrected chi connectivity index (χ3v) is 4.59. The molecule has 0 unspecified atom stereocenters. The molecule has 136 valence electrons. The van der Waals surface area contributed by atoms with Crippen molar-refractivity contribution in [3.63, 3.8) is 0 Å². The van der Waals surface area contributed by atoms with Gasteiger partial charge in [0.1, 0.15) is 5.75 Å². The van der Waals surface area contributed by atoms with Gasteiger partial charge in [0.05, 0.1) is 12.3 Å². The molecule has 26 heavy (non-hydrogen) atoms. The fourth-order valence-electron chi connectivity index (χ4n) is 3.21. The number of nitrogens with zero attached hydrogens (tertiary/aromatic N) is 2. The summed E-state index contributed by atoms with van der Waals surface area (Å²) in [7, 11) is 0. The van der Waals surface area contributed by atoms with E-state index in [2.05, 4.69) is 4.98 Å². The second kappa shape index (κ2) is 8.61. The van der Waals surface area contributed by atoms with Crippen LogP contribution in [-0.4, -0.2) is 23.0 Å². The van der Waals surface area contributed by atoms with Crippen LogP contribution >= 0.6 is 0 Å². The normalized spacial score (nSPS) is 14.6. The van der Waals surface area contributed by atoms with Gasteiger partial charge in [0.2, 0.25) is 0 Å². The van der Waals surface area contributed by atoms with Gasteiger partial charge >= 0.3 is 0 Å². The fourth-order valence-corrected chi connectivity index (χ4v) is 3.21. The van der Waals surface area contributed by atoms with E-state index in [9.17, 15) is 0 Å². The lowest BCUT2D eigenvalue weighted by Crippen LogP contribution is -2.06. The highest BCUT2D eigenvalue weighted by Gasteiger charge is 2.12. The molecule has 0 aliphatic heterocycles. The average molecular weight is 350 g/mol. The fraction of sp³-hybridized carbons (Fsp3) is 0.381. The molecule has 2 aromatic rings. The van der Waals surface area contributed by atoms with Gasteiger partial charge in [0.25, 0.3) is 0 Å². The van der Waals surface area contributed by atoms with Crippen molar-refractivity contribution in [1.82, 2.24) is 4.98 Å². The van der Waals surface area contributed by atoms with Gasteiger partial charge in [-0.15, -0.1) is 0 Å². The number of rotatable bonds is 5. The minimum Gasteiger partial charge on any atom is -0.494 e. The van der Waals surface area contributed by atoms with Gasteiger partial charge in [0.15, 0.2) is 5.82 Å². The molecule has 1 aromatic heterocycles. The number of nitrogen functional groups attached to an aromatic ring is 1. The lowest BCUT2D eigenvalue weighted by atomic mass is 10.0. The molecule has 3 rings (SSSR count). The highest BCUT2D eigenvalue weighted by Crippen LogP contribution is 2.24. The first kappa shape index (κ1) is 18.1. The number of pyridine rings is 1. The summed E-state index contributed by atoms with van der Waals surface area (Å²) in [5.41, 5.74) is 9.65. The Morgan fingerprint density at radius 3 is 2.65 bits per heavy atom. The van der Waals surface area contributed by atoms with Gasteiger partial charge in [0, 0.05) is 28.7 Å². The number of hydrogen-bond acceptors (Lipinski definition) is 5. The van der Waals surface area contributed by atoms with Crippen molar-refractivity contribution in [1.29, 1.82) is 5.41 Å². The maximum absolute atomic E-state index is 8.58. The van der Waals surface area contributed by atoms with Crippen LogP contribution in [0.2, 0.25) is 0 Å². The van der Waals surface area contributed by atoms with E-state index in [1.165, 1.54) is 31.4 Å².